The van der Waals surface area contributed by atoms with E-state index in [9.17, 15) is 9.59 Å². The van der Waals surface area contributed by atoms with Crippen molar-refractivity contribution in [3.05, 3.63) is 24.3 Å². The number of hydrogen-bond acceptors (Lipinski definition) is 3. The number of hydrogen-bond donors (Lipinski definition) is 1. The first kappa shape index (κ1) is 18.0. The Morgan fingerprint density at radius 1 is 1.23 bits per heavy atom. The Morgan fingerprint density at radius 3 is 2.32 bits per heavy atom. The third kappa shape index (κ3) is 4.48. The van der Waals surface area contributed by atoms with Crippen molar-refractivity contribution in [1.82, 2.24) is 4.90 Å². The molecule has 5 heteroatoms. The molecule has 0 saturated heterocycles. The fourth-order valence-corrected chi connectivity index (χ4v) is 2.03. The molecule has 0 heterocycles. The van der Waals surface area contributed by atoms with Gasteiger partial charge in [-0.05, 0) is 44.5 Å². The van der Waals surface area contributed by atoms with Crippen LogP contribution in [0.25, 0.3) is 0 Å². The molecule has 1 N–H and O–H groups in total. The minimum atomic E-state index is -1.11. The highest BCUT2D eigenvalue weighted by atomic mass is 16.5. The molecule has 0 aliphatic heterocycles. The molecule has 2 amide bonds. The van der Waals surface area contributed by atoms with Gasteiger partial charge in [0.2, 0.25) is 11.8 Å². The van der Waals surface area contributed by atoms with E-state index in [-0.39, 0.29) is 11.8 Å². The predicted molar refractivity (Wildman–Crippen MR) is 87.9 cm³/mol. The number of rotatable bonds is 7. The van der Waals surface area contributed by atoms with E-state index in [0.29, 0.717) is 18.0 Å². The summed E-state index contributed by atoms with van der Waals surface area (Å²) in [6.07, 6.45) is 1.94. The standard InChI is InChI=1S/C17H26N2O3/c1-6-7-12-19(4)16(21)17(2,3)15(20)18-13-8-10-14(22-5)11-9-13/h8-11H,6-7,12H2,1-5H3,(H,18,20). The van der Waals surface area contributed by atoms with E-state index in [2.05, 4.69) is 12.2 Å². The molecular formula is C17H26N2O3. The van der Waals surface area contributed by atoms with Gasteiger partial charge in [0.1, 0.15) is 11.2 Å². The molecule has 22 heavy (non-hydrogen) atoms. The molecule has 1 rings (SSSR count). The number of ether oxygens (including phenoxy) is 1. The number of anilines is 1. The molecule has 1 aromatic rings. The smallest absolute Gasteiger partial charge is 0.239 e. The molecule has 0 unspecified atom stereocenters. The van der Waals surface area contributed by atoms with Crippen LogP contribution < -0.4 is 10.1 Å². The molecule has 0 atom stereocenters. The molecular weight excluding hydrogens is 280 g/mol. The van der Waals surface area contributed by atoms with Gasteiger partial charge in [-0.3, -0.25) is 9.59 Å². The molecule has 0 fully saturated rings. The van der Waals surface area contributed by atoms with Crippen LogP contribution in [0.5, 0.6) is 5.75 Å². The highest BCUT2D eigenvalue weighted by molar-refractivity contribution is 6.09. The van der Waals surface area contributed by atoms with Crippen LogP contribution in [0.2, 0.25) is 0 Å². The van der Waals surface area contributed by atoms with Gasteiger partial charge in [0.05, 0.1) is 7.11 Å². The molecule has 122 valence electrons. The topological polar surface area (TPSA) is 58.6 Å². The van der Waals surface area contributed by atoms with Crippen molar-refractivity contribution in [2.24, 2.45) is 5.41 Å². The number of unbranched alkanes of at least 4 members (excludes halogenated alkanes) is 1. The van der Waals surface area contributed by atoms with Crippen molar-refractivity contribution in [2.45, 2.75) is 33.6 Å². The van der Waals surface area contributed by atoms with Gasteiger partial charge in [0.25, 0.3) is 0 Å². The molecule has 5 nitrogen and oxygen atoms in total. The Morgan fingerprint density at radius 2 is 1.82 bits per heavy atom. The van der Waals surface area contributed by atoms with Crippen LogP contribution in [0, 0.1) is 5.41 Å². The van der Waals surface area contributed by atoms with E-state index in [4.69, 9.17) is 4.74 Å². The van der Waals surface area contributed by atoms with Gasteiger partial charge in [0.15, 0.2) is 0 Å². The summed E-state index contributed by atoms with van der Waals surface area (Å²) in [4.78, 5) is 26.5. The van der Waals surface area contributed by atoms with Gasteiger partial charge in [0, 0.05) is 19.3 Å². The van der Waals surface area contributed by atoms with Crippen LogP contribution in [0.4, 0.5) is 5.69 Å². The third-order valence-corrected chi connectivity index (χ3v) is 3.64. The zero-order valence-electron chi connectivity index (χ0n) is 14.1. The lowest BCUT2D eigenvalue weighted by molar-refractivity contribution is -0.145. The second-order valence-corrected chi connectivity index (χ2v) is 5.89. The Labute approximate surface area is 132 Å². The number of carbonyl (C=O) groups excluding carboxylic acids is 2. The third-order valence-electron chi connectivity index (χ3n) is 3.64. The van der Waals surface area contributed by atoms with Gasteiger partial charge < -0.3 is 15.0 Å². The Kier molecular flexibility index (Phi) is 6.40. The summed E-state index contributed by atoms with van der Waals surface area (Å²) >= 11 is 0. The lowest BCUT2D eigenvalue weighted by Gasteiger charge is -2.28. The minimum Gasteiger partial charge on any atom is -0.497 e. The number of nitrogens with zero attached hydrogens (tertiary/aromatic N) is 1. The number of amides is 2. The Bertz CT molecular complexity index is 509. The van der Waals surface area contributed by atoms with E-state index >= 15 is 0 Å². The fraction of sp³-hybridized carbons (Fsp3) is 0.529. The first-order valence-corrected chi connectivity index (χ1v) is 7.54. The highest BCUT2D eigenvalue weighted by Gasteiger charge is 2.38. The summed E-state index contributed by atoms with van der Waals surface area (Å²) in [5.74, 6) is 0.227. The van der Waals surface area contributed by atoms with Crippen molar-refractivity contribution in [3.8, 4) is 5.75 Å². The second-order valence-electron chi connectivity index (χ2n) is 5.89. The molecule has 0 spiro atoms. The van der Waals surface area contributed by atoms with E-state index in [1.54, 1.807) is 57.2 Å². The minimum absolute atomic E-state index is 0.174. The molecule has 0 aliphatic carbocycles. The van der Waals surface area contributed by atoms with Crippen molar-refractivity contribution < 1.29 is 14.3 Å². The number of benzene rings is 1. The van der Waals surface area contributed by atoms with Crippen LogP contribution in [-0.2, 0) is 9.59 Å². The summed E-state index contributed by atoms with van der Waals surface area (Å²) in [7, 11) is 3.32. The summed E-state index contributed by atoms with van der Waals surface area (Å²) in [6.45, 7) is 6.03. The molecule has 0 bridgehead atoms. The summed E-state index contributed by atoms with van der Waals surface area (Å²) in [5, 5.41) is 2.78. The summed E-state index contributed by atoms with van der Waals surface area (Å²) in [5.41, 5.74) is -0.467. The molecule has 0 saturated carbocycles. The van der Waals surface area contributed by atoms with Crippen molar-refractivity contribution in [1.29, 1.82) is 0 Å². The molecule has 0 radical (unpaired) electrons. The average molecular weight is 306 g/mol. The van der Waals surface area contributed by atoms with E-state index < -0.39 is 5.41 Å². The van der Waals surface area contributed by atoms with Crippen molar-refractivity contribution in [3.63, 3.8) is 0 Å². The van der Waals surface area contributed by atoms with Gasteiger partial charge in [-0.15, -0.1) is 0 Å². The second kappa shape index (κ2) is 7.82. The molecule has 0 aromatic heterocycles. The van der Waals surface area contributed by atoms with Crippen molar-refractivity contribution in [2.75, 3.05) is 26.0 Å². The lowest BCUT2D eigenvalue weighted by Crippen LogP contribution is -2.46. The maximum atomic E-state index is 12.4. The SMILES string of the molecule is CCCCN(C)C(=O)C(C)(C)C(=O)Nc1ccc(OC)cc1. The number of carbonyl (C=O) groups is 2. The van der Waals surface area contributed by atoms with Gasteiger partial charge in [-0.2, -0.15) is 0 Å². The summed E-state index contributed by atoms with van der Waals surface area (Å²) < 4.78 is 5.08. The number of methoxy groups -OCH3 is 1. The Hall–Kier alpha value is -2.04. The maximum Gasteiger partial charge on any atom is 0.239 e. The first-order chi connectivity index (χ1) is 10.3. The normalized spacial score (nSPS) is 11.0. The maximum absolute atomic E-state index is 12.4. The Balaban J connectivity index is 2.74. The predicted octanol–water partition coefficient (Wildman–Crippen LogP) is 2.92. The van der Waals surface area contributed by atoms with Gasteiger partial charge >= 0.3 is 0 Å². The zero-order chi connectivity index (χ0) is 16.8. The number of nitrogens with one attached hydrogen (secondary N) is 1. The molecule has 1 aromatic carbocycles. The van der Waals surface area contributed by atoms with Gasteiger partial charge in [-0.1, -0.05) is 13.3 Å². The average Bonchev–Trinajstić information content (AvgIpc) is 2.52. The highest BCUT2D eigenvalue weighted by Crippen LogP contribution is 2.23. The quantitative estimate of drug-likeness (QED) is 0.788. The fourth-order valence-electron chi connectivity index (χ4n) is 2.03. The zero-order valence-corrected chi connectivity index (χ0v) is 14.1. The van der Waals surface area contributed by atoms with E-state index in [0.717, 1.165) is 12.8 Å². The van der Waals surface area contributed by atoms with Crippen LogP contribution >= 0.6 is 0 Å². The first-order valence-electron chi connectivity index (χ1n) is 7.54. The largest absolute Gasteiger partial charge is 0.497 e. The summed E-state index contributed by atoms with van der Waals surface area (Å²) in [6, 6.07) is 7.02. The molecule has 0 aliphatic rings. The van der Waals surface area contributed by atoms with Crippen molar-refractivity contribution >= 4 is 17.5 Å². The lowest BCUT2D eigenvalue weighted by atomic mass is 9.90. The van der Waals surface area contributed by atoms with Crippen LogP contribution in [-0.4, -0.2) is 37.4 Å². The monoisotopic (exact) mass is 306 g/mol. The van der Waals surface area contributed by atoms with E-state index in [1.807, 2.05) is 0 Å². The van der Waals surface area contributed by atoms with Gasteiger partial charge in [-0.25, -0.2) is 0 Å². The van der Waals surface area contributed by atoms with Crippen LogP contribution in [0.1, 0.15) is 33.6 Å². The van der Waals surface area contributed by atoms with E-state index in [1.165, 1.54) is 0 Å². The van der Waals surface area contributed by atoms with Crippen LogP contribution in [0.3, 0.4) is 0 Å². The van der Waals surface area contributed by atoms with Crippen LogP contribution in [0.15, 0.2) is 24.3 Å².